The Kier molecular flexibility index (Phi) is 4.17. The predicted octanol–water partition coefficient (Wildman–Crippen LogP) is 3.22. The normalized spacial score (nSPS) is 18.2. The molecule has 0 aromatic carbocycles. The van der Waals surface area contributed by atoms with Crippen LogP contribution in [0.25, 0.3) is 6.08 Å². The smallest absolute Gasteiger partial charge is 0.266 e. The van der Waals surface area contributed by atoms with Crippen molar-refractivity contribution in [2.24, 2.45) is 0 Å². The van der Waals surface area contributed by atoms with Gasteiger partial charge in [0, 0.05) is 6.54 Å². The molecular weight excluding hydrogens is 266 g/mol. The highest BCUT2D eigenvalue weighted by atomic mass is 32.2. The van der Waals surface area contributed by atoms with Gasteiger partial charge in [-0.15, -0.1) is 6.58 Å². The first kappa shape index (κ1) is 12.9. The molecule has 92 valence electrons. The summed E-state index contributed by atoms with van der Waals surface area (Å²) in [7, 11) is 0. The van der Waals surface area contributed by atoms with Crippen LogP contribution in [0.1, 0.15) is 5.76 Å². The van der Waals surface area contributed by atoms with Gasteiger partial charge in [0.15, 0.2) is 0 Å². The summed E-state index contributed by atoms with van der Waals surface area (Å²) in [6.45, 7) is 4.05. The van der Waals surface area contributed by atoms with Gasteiger partial charge in [-0.05, 0) is 24.3 Å². The van der Waals surface area contributed by atoms with Gasteiger partial charge in [-0.3, -0.25) is 9.69 Å². The van der Waals surface area contributed by atoms with E-state index in [0.717, 1.165) is 5.76 Å². The number of furan rings is 1. The number of carbonyl (C=O) groups excluding carboxylic acids is 1. The van der Waals surface area contributed by atoms with Crippen molar-refractivity contribution >= 4 is 40.3 Å². The number of carbonyl (C=O) groups is 1. The van der Waals surface area contributed by atoms with Crippen LogP contribution < -0.4 is 0 Å². The monoisotopic (exact) mass is 277 g/mol. The van der Waals surface area contributed by atoms with Gasteiger partial charge in [0.25, 0.3) is 5.91 Å². The lowest BCUT2D eigenvalue weighted by Gasteiger charge is -2.10. The van der Waals surface area contributed by atoms with Crippen LogP contribution in [-0.2, 0) is 4.79 Å². The molecule has 2 rings (SSSR count). The summed E-state index contributed by atoms with van der Waals surface area (Å²) >= 11 is 6.43. The van der Waals surface area contributed by atoms with Crippen molar-refractivity contribution in [3.05, 3.63) is 53.9 Å². The van der Waals surface area contributed by atoms with Gasteiger partial charge in [0.2, 0.25) is 0 Å². The Hall–Kier alpha value is -1.59. The van der Waals surface area contributed by atoms with E-state index < -0.39 is 0 Å². The molecule has 1 saturated heterocycles. The minimum absolute atomic E-state index is 0.0750. The van der Waals surface area contributed by atoms with Gasteiger partial charge in [-0.1, -0.05) is 36.1 Å². The molecule has 2 heterocycles. The fourth-order valence-corrected chi connectivity index (χ4v) is 2.64. The van der Waals surface area contributed by atoms with Crippen LogP contribution in [0.2, 0.25) is 0 Å². The second-order valence-corrected chi connectivity index (χ2v) is 5.15. The SMILES string of the molecule is C=CCN1C(=O)/C(=C\C=C\c2ccco2)SC1=S. The first-order valence-corrected chi connectivity index (χ1v) is 6.51. The highest BCUT2D eigenvalue weighted by molar-refractivity contribution is 8.26. The summed E-state index contributed by atoms with van der Waals surface area (Å²) in [4.78, 5) is 14.1. The zero-order valence-electron chi connectivity index (χ0n) is 9.54. The number of hydrogen-bond donors (Lipinski definition) is 0. The van der Waals surface area contributed by atoms with Crippen molar-refractivity contribution in [3.63, 3.8) is 0 Å². The molecule has 0 atom stereocenters. The van der Waals surface area contributed by atoms with Crippen molar-refractivity contribution in [3.8, 4) is 0 Å². The number of hydrogen-bond acceptors (Lipinski definition) is 4. The van der Waals surface area contributed by atoms with Crippen LogP contribution in [0.15, 0.2) is 52.5 Å². The van der Waals surface area contributed by atoms with Gasteiger partial charge >= 0.3 is 0 Å². The van der Waals surface area contributed by atoms with Crippen molar-refractivity contribution in [2.45, 2.75) is 0 Å². The van der Waals surface area contributed by atoms with E-state index in [4.69, 9.17) is 16.6 Å². The number of nitrogens with zero attached hydrogens (tertiary/aromatic N) is 1. The Bertz CT molecular complexity index is 529. The summed E-state index contributed by atoms with van der Waals surface area (Å²) in [6, 6.07) is 3.65. The summed E-state index contributed by atoms with van der Waals surface area (Å²) in [5.74, 6) is 0.668. The summed E-state index contributed by atoms with van der Waals surface area (Å²) in [5.41, 5.74) is 0. The second-order valence-electron chi connectivity index (χ2n) is 3.48. The Morgan fingerprint density at radius 2 is 2.39 bits per heavy atom. The lowest BCUT2D eigenvalue weighted by molar-refractivity contribution is -0.121. The molecule has 0 unspecified atom stereocenters. The second kappa shape index (κ2) is 5.84. The summed E-state index contributed by atoms with van der Waals surface area (Å²) in [6.07, 6.45) is 8.57. The molecule has 1 fully saturated rings. The highest BCUT2D eigenvalue weighted by Gasteiger charge is 2.30. The molecule has 0 bridgehead atoms. The van der Waals surface area contributed by atoms with E-state index in [1.807, 2.05) is 12.1 Å². The maximum atomic E-state index is 11.9. The molecule has 0 radical (unpaired) electrons. The molecule has 5 heteroatoms. The number of thioether (sulfide) groups is 1. The first-order valence-electron chi connectivity index (χ1n) is 5.29. The van der Waals surface area contributed by atoms with Gasteiger partial charge in [-0.2, -0.15) is 0 Å². The van der Waals surface area contributed by atoms with Gasteiger partial charge in [0.1, 0.15) is 10.1 Å². The van der Waals surface area contributed by atoms with Gasteiger partial charge < -0.3 is 4.42 Å². The Balaban J connectivity index is 2.08. The highest BCUT2D eigenvalue weighted by Crippen LogP contribution is 2.30. The van der Waals surface area contributed by atoms with Crippen molar-refractivity contribution < 1.29 is 9.21 Å². The van der Waals surface area contributed by atoms with Crippen LogP contribution in [0.4, 0.5) is 0 Å². The van der Waals surface area contributed by atoms with E-state index in [1.165, 1.54) is 16.7 Å². The number of allylic oxidation sites excluding steroid dienone is 2. The summed E-state index contributed by atoms with van der Waals surface area (Å²) < 4.78 is 5.72. The lowest BCUT2D eigenvalue weighted by atomic mass is 10.3. The zero-order chi connectivity index (χ0) is 13.0. The number of thiocarbonyl (C=S) groups is 1. The minimum atomic E-state index is -0.0750. The maximum Gasteiger partial charge on any atom is 0.266 e. The largest absolute Gasteiger partial charge is 0.465 e. The fraction of sp³-hybridized carbons (Fsp3) is 0.0769. The van der Waals surface area contributed by atoms with Crippen molar-refractivity contribution in [2.75, 3.05) is 6.54 Å². The molecule has 0 spiro atoms. The Labute approximate surface area is 115 Å². The predicted molar refractivity (Wildman–Crippen MR) is 77.9 cm³/mol. The van der Waals surface area contributed by atoms with Crippen LogP contribution in [0.5, 0.6) is 0 Å². The molecule has 18 heavy (non-hydrogen) atoms. The van der Waals surface area contributed by atoms with Crippen LogP contribution in [0, 0.1) is 0 Å². The topological polar surface area (TPSA) is 33.5 Å². The third kappa shape index (κ3) is 2.80. The molecule has 0 saturated carbocycles. The van der Waals surface area contributed by atoms with Crippen LogP contribution in [-0.4, -0.2) is 21.7 Å². The molecule has 1 aromatic rings. The standard InChI is InChI=1S/C13H11NO2S2/c1-2-8-14-12(15)11(18-13(14)17)7-3-5-10-6-4-9-16-10/h2-7,9H,1,8H2/b5-3+,11-7+. The Morgan fingerprint density at radius 1 is 1.56 bits per heavy atom. The lowest BCUT2D eigenvalue weighted by Crippen LogP contribution is -2.27. The third-order valence-electron chi connectivity index (χ3n) is 2.24. The van der Waals surface area contributed by atoms with E-state index in [0.29, 0.717) is 15.8 Å². The molecule has 1 aliphatic heterocycles. The molecule has 1 aliphatic rings. The van der Waals surface area contributed by atoms with Crippen LogP contribution >= 0.6 is 24.0 Å². The van der Waals surface area contributed by atoms with E-state index in [-0.39, 0.29) is 5.91 Å². The molecule has 0 aliphatic carbocycles. The fourth-order valence-electron chi connectivity index (χ4n) is 1.42. The van der Waals surface area contributed by atoms with E-state index in [2.05, 4.69) is 6.58 Å². The average molecular weight is 277 g/mol. The third-order valence-corrected chi connectivity index (χ3v) is 3.63. The quantitative estimate of drug-likeness (QED) is 0.481. The summed E-state index contributed by atoms with van der Waals surface area (Å²) in [5, 5.41) is 0. The van der Waals surface area contributed by atoms with Crippen LogP contribution in [0.3, 0.4) is 0 Å². The van der Waals surface area contributed by atoms with Crippen molar-refractivity contribution in [1.82, 2.24) is 4.90 Å². The Morgan fingerprint density at radius 3 is 3.06 bits per heavy atom. The number of amides is 1. The van der Waals surface area contributed by atoms with E-state index in [9.17, 15) is 4.79 Å². The average Bonchev–Trinajstić information content (AvgIpc) is 2.94. The molecule has 0 N–H and O–H groups in total. The first-order chi connectivity index (χ1) is 8.72. The minimum Gasteiger partial charge on any atom is -0.465 e. The number of rotatable bonds is 4. The van der Waals surface area contributed by atoms with Crippen molar-refractivity contribution in [1.29, 1.82) is 0 Å². The van der Waals surface area contributed by atoms with Gasteiger partial charge in [0.05, 0.1) is 11.2 Å². The molecule has 1 aromatic heterocycles. The molecular formula is C13H11NO2S2. The van der Waals surface area contributed by atoms with E-state index >= 15 is 0 Å². The maximum absolute atomic E-state index is 11.9. The van der Waals surface area contributed by atoms with Gasteiger partial charge in [-0.25, -0.2) is 0 Å². The zero-order valence-corrected chi connectivity index (χ0v) is 11.2. The molecule has 3 nitrogen and oxygen atoms in total. The van der Waals surface area contributed by atoms with E-state index in [1.54, 1.807) is 30.6 Å². The molecule has 1 amide bonds.